The van der Waals surface area contributed by atoms with Crippen LogP contribution < -0.4 is 14.8 Å². The first-order valence-electron chi connectivity index (χ1n) is 8.94. The van der Waals surface area contributed by atoms with Crippen molar-refractivity contribution in [3.63, 3.8) is 0 Å². The Morgan fingerprint density at radius 1 is 1.25 bits per heavy atom. The van der Waals surface area contributed by atoms with E-state index in [1.807, 2.05) is 44.2 Å². The lowest BCUT2D eigenvalue weighted by Gasteiger charge is -2.15. The van der Waals surface area contributed by atoms with E-state index >= 15 is 0 Å². The fourth-order valence-corrected chi connectivity index (χ4v) is 3.09. The molecule has 3 aromatic rings. The number of amides is 1. The molecule has 6 nitrogen and oxygen atoms in total. The van der Waals surface area contributed by atoms with Gasteiger partial charge in [-0.2, -0.15) is 5.10 Å². The molecule has 0 spiro atoms. The van der Waals surface area contributed by atoms with Gasteiger partial charge < -0.3 is 14.8 Å². The van der Waals surface area contributed by atoms with Crippen LogP contribution in [0.3, 0.4) is 0 Å². The van der Waals surface area contributed by atoms with Gasteiger partial charge in [0.2, 0.25) is 0 Å². The largest absolute Gasteiger partial charge is 0.497 e. The fraction of sp³-hybridized carbons (Fsp3) is 0.238. The Balaban J connectivity index is 1.78. The Hall–Kier alpha value is -2.99. The molecular formula is C21H22ClN3O3. The average molecular weight is 400 g/mol. The van der Waals surface area contributed by atoms with Crippen molar-refractivity contribution >= 4 is 17.5 Å². The van der Waals surface area contributed by atoms with Gasteiger partial charge in [0.15, 0.2) is 0 Å². The fourth-order valence-electron chi connectivity index (χ4n) is 2.86. The van der Waals surface area contributed by atoms with Crippen LogP contribution in [-0.2, 0) is 0 Å². The Morgan fingerprint density at radius 3 is 2.64 bits per heavy atom. The third kappa shape index (κ3) is 4.28. The van der Waals surface area contributed by atoms with E-state index in [1.165, 1.54) is 6.20 Å². The van der Waals surface area contributed by atoms with Gasteiger partial charge in [-0.25, -0.2) is 0 Å². The summed E-state index contributed by atoms with van der Waals surface area (Å²) in [5, 5.41) is 10.4. The quantitative estimate of drug-likeness (QED) is 0.607. The summed E-state index contributed by atoms with van der Waals surface area (Å²) in [7, 11) is 1.62. The van der Waals surface area contributed by atoms with Crippen LogP contribution in [-0.4, -0.2) is 29.8 Å². The Kier molecular flexibility index (Phi) is 6.21. The van der Waals surface area contributed by atoms with E-state index < -0.39 is 0 Å². The molecule has 1 amide bonds. The zero-order chi connectivity index (χ0) is 20.1. The monoisotopic (exact) mass is 399 g/mol. The molecule has 0 aliphatic heterocycles. The molecule has 0 fully saturated rings. The number of hydrogen-bond acceptors (Lipinski definition) is 4. The first-order valence-corrected chi connectivity index (χ1v) is 9.32. The predicted molar refractivity (Wildman–Crippen MR) is 109 cm³/mol. The molecule has 1 atom stereocenters. The summed E-state index contributed by atoms with van der Waals surface area (Å²) < 4.78 is 10.6. The molecule has 0 bridgehead atoms. The maximum absolute atomic E-state index is 12.8. The third-order valence-electron chi connectivity index (χ3n) is 4.37. The molecule has 3 rings (SSSR count). The van der Waals surface area contributed by atoms with Crippen molar-refractivity contribution < 1.29 is 14.3 Å². The van der Waals surface area contributed by atoms with Gasteiger partial charge in [-0.3, -0.25) is 9.89 Å². The lowest BCUT2D eigenvalue weighted by molar-refractivity contribution is 0.0940. The van der Waals surface area contributed by atoms with Crippen LogP contribution in [0.15, 0.2) is 48.7 Å². The van der Waals surface area contributed by atoms with Gasteiger partial charge in [-0.05, 0) is 49.7 Å². The number of aromatic nitrogens is 2. The summed E-state index contributed by atoms with van der Waals surface area (Å²) in [6, 6.07) is 12.8. The van der Waals surface area contributed by atoms with Gasteiger partial charge in [-0.15, -0.1) is 0 Å². The molecule has 1 aromatic heterocycles. The topological polar surface area (TPSA) is 76.2 Å². The van der Waals surface area contributed by atoms with Crippen LogP contribution in [0.5, 0.6) is 11.5 Å². The number of benzene rings is 2. The minimum Gasteiger partial charge on any atom is -0.497 e. The maximum atomic E-state index is 12.8. The first-order chi connectivity index (χ1) is 13.5. The highest BCUT2D eigenvalue weighted by Gasteiger charge is 2.18. The Bertz CT molecular complexity index is 954. The lowest BCUT2D eigenvalue weighted by Crippen LogP contribution is -2.26. The van der Waals surface area contributed by atoms with Crippen LogP contribution in [0.4, 0.5) is 0 Å². The van der Waals surface area contributed by atoms with Crippen LogP contribution in [0, 0.1) is 0 Å². The van der Waals surface area contributed by atoms with Gasteiger partial charge in [-0.1, -0.05) is 23.7 Å². The molecule has 0 aliphatic rings. The van der Waals surface area contributed by atoms with E-state index in [9.17, 15) is 4.79 Å². The SMILES string of the molecule is CCOc1ccc(-c2[nH]ncc2C(=O)N[C@H](C)c2ccc(OC)cc2)cc1Cl. The summed E-state index contributed by atoms with van der Waals surface area (Å²) >= 11 is 6.28. The van der Waals surface area contributed by atoms with Crippen LogP contribution in [0.2, 0.25) is 5.02 Å². The first kappa shape index (κ1) is 19.8. The summed E-state index contributed by atoms with van der Waals surface area (Å²) in [4.78, 5) is 12.8. The smallest absolute Gasteiger partial charge is 0.255 e. The van der Waals surface area contributed by atoms with Crippen molar-refractivity contribution in [1.29, 1.82) is 0 Å². The summed E-state index contributed by atoms with van der Waals surface area (Å²) in [6.45, 7) is 4.35. The number of nitrogens with one attached hydrogen (secondary N) is 2. The van der Waals surface area contributed by atoms with Crippen LogP contribution in [0.1, 0.15) is 35.8 Å². The molecule has 0 saturated carbocycles. The maximum Gasteiger partial charge on any atom is 0.255 e. The van der Waals surface area contributed by atoms with Crippen molar-refractivity contribution in [2.24, 2.45) is 0 Å². The second-order valence-electron chi connectivity index (χ2n) is 6.21. The number of methoxy groups -OCH3 is 1. The molecule has 7 heteroatoms. The minimum atomic E-state index is -0.225. The molecule has 0 aliphatic carbocycles. The Labute approximate surface area is 168 Å². The number of carbonyl (C=O) groups excluding carboxylic acids is 1. The number of rotatable bonds is 7. The highest BCUT2D eigenvalue weighted by molar-refractivity contribution is 6.32. The van der Waals surface area contributed by atoms with Crippen molar-refractivity contribution in [3.8, 4) is 22.8 Å². The molecule has 1 heterocycles. The number of nitrogens with zero attached hydrogens (tertiary/aromatic N) is 1. The molecule has 0 radical (unpaired) electrons. The van der Waals surface area contributed by atoms with Crippen LogP contribution >= 0.6 is 11.6 Å². The number of halogens is 1. The van der Waals surface area contributed by atoms with Gasteiger partial charge in [0.05, 0.1) is 42.2 Å². The normalized spacial score (nSPS) is 11.7. The van der Waals surface area contributed by atoms with Crippen molar-refractivity contribution in [1.82, 2.24) is 15.5 Å². The van der Waals surface area contributed by atoms with Gasteiger partial charge in [0, 0.05) is 5.56 Å². The molecule has 2 aromatic carbocycles. The summed E-state index contributed by atoms with van der Waals surface area (Å²) in [5.41, 5.74) is 2.78. The number of ether oxygens (including phenoxy) is 2. The van der Waals surface area contributed by atoms with E-state index in [0.717, 1.165) is 16.9 Å². The third-order valence-corrected chi connectivity index (χ3v) is 4.66. The highest BCUT2D eigenvalue weighted by atomic mass is 35.5. The second-order valence-corrected chi connectivity index (χ2v) is 6.61. The molecule has 2 N–H and O–H groups in total. The molecule has 146 valence electrons. The number of aromatic amines is 1. The minimum absolute atomic E-state index is 0.176. The van der Waals surface area contributed by atoms with Gasteiger partial charge in [0.1, 0.15) is 11.5 Å². The van der Waals surface area contributed by atoms with Gasteiger partial charge >= 0.3 is 0 Å². The Morgan fingerprint density at radius 2 is 2.00 bits per heavy atom. The zero-order valence-electron chi connectivity index (χ0n) is 16.0. The van der Waals surface area contributed by atoms with Gasteiger partial charge in [0.25, 0.3) is 5.91 Å². The van der Waals surface area contributed by atoms with Crippen molar-refractivity contribution in [2.45, 2.75) is 19.9 Å². The number of hydrogen-bond donors (Lipinski definition) is 2. The van der Waals surface area contributed by atoms with E-state index in [0.29, 0.717) is 28.6 Å². The molecular weight excluding hydrogens is 378 g/mol. The predicted octanol–water partition coefficient (Wildman–Crippen LogP) is 4.63. The second kappa shape index (κ2) is 8.80. The van der Waals surface area contributed by atoms with Crippen molar-refractivity contribution in [3.05, 3.63) is 64.8 Å². The molecule has 28 heavy (non-hydrogen) atoms. The summed E-state index contributed by atoms with van der Waals surface area (Å²) in [6.07, 6.45) is 1.51. The van der Waals surface area contributed by atoms with E-state index in [-0.39, 0.29) is 11.9 Å². The lowest BCUT2D eigenvalue weighted by atomic mass is 10.1. The summed E-state index contributed by atoms with van der Waals surface area (Å²) in [5.74, 6) is 1.15. The molecule has 0 saturated heterocycles. The zero-order valence-corrected chi connectivity index (χ0v) is 16.7. The van der Waals surface area contributed by atoms with Crippen LogP contribution in [0.25, 0.3) is 11.3 Å². The van der Waals surface area contributed by atoms with E-state index in [4.69, 9.17) is 21.1 Å². The van der Waals surface area contributed by atoms with Crippen molar-refractivity contribution in [2.75, 3.05) is 13.7 Å². The van der Waals surface area contributed by atoms with E-state index in [2.05, 4.69) is 15.5 Å². The van der Waals surface area contributed by atoms with E-state index in [1.54, 1.807) is 19.2 Å². The average Bonchev–Trinajstić information content (AvgIpc) is 3.19. The number of carbonyl (C=O) groups is 1. The number of H-pyrrole nitrogens is 1. The molecule has 0 unspecified atom stereocenters. The standard InChI is InChI=1S/C21H22ClN3O3/c1-4-28-19-10-7-15(11-18(19)22)20-17(12-23-25-20)21(26)24-13(2)14-5-8-16(27-3)9-6-14/h5-13H,4H2,1-3H3,(H,23,25)(H,24,26)/t13-/m1/s1. The highest BCUT2D eigenvalue weighted by Crippen LogP contribution is 2.31.